The first kappa shape index (κ1) is 15.1. The summed E-state index contributed by atoms with van der Waals surface area (Å²) in [4.78, 5) is 39.1. The van der Waals surface area contributed by atoms with Crippen molar-refractivity contribution in [3.63, 3.8) is 0 Å². The third-order valence-electron chi connectivity index (χ3n) is 2.46. The molecule has 0 aliphatic rings. The van der Waals surface area contributed by atoms with Gasteiger partial charge in [-0.25, -0.2) is 0 Å². The second-order valence-corrected chi connectivity index (χ2v) is 5.74. The first-order valence-electron chi connectivity index (χ1n) is 4.58. The Kier molecular flexibility index (Phi) is 5.12. The minimum atomic E-state index is -4.53. The minimum absolute atomic E-state index is 0.309. The molecule has 0 fully saturated rings. The lowest BCUT2D eigenvalue weighted by Crippen LogP contribution is -2.29. The molecule has 0 aliphatic heterocycles. The highest BCUT2D eigenvalue weighted by Crippen LogP contribution is 2.46. The van der Waals surface area contributed by atoms with Gasteiger partial charge in [0.05, 0.1) is 17.5 Å². The van der Waals surface area contributed by atoms with E-state index in [0.29, 0.717) is 0 Å². The molecule has 0 aromatic carbocycles. The van der Waals surface area contributed by atoms with Crippen LogP contribution in [0.2, 0.25) is 0 Å². The lowest BCUT2D eigenvalue weighted by atomic mass is 9.93. The molecule has 0 bridgehead atoms. The maximum absolute atomic E-state index is 10.9. The Morgan fingerprint density at radius 1 is 1.12 bits per heavy atom. The molecule has 16 heavy (non-hydrogen) atoms. The lowest BCUT2D eigenvalue weighted by molar-refractivity contribution is -0.145. The summed E-state index contributed by atoms with van der Waals surface area (Å²) in [5.74, 6) is -4.92. The maximum atomic E-state index is 10.9. The molecule has 0 aromatic rings. The van der Waals surface area contributed by atoms with Crippen molar-refractivity contribution in [1.82, 2.24) is 0 Å². The van der Waals surface area contributed by atoms with E-state index in [4.69, 9.17) is 20.0 Å². The predicted molar refractivity (Wildman–Crippen MR) is 54.0 cm³/mol. The number of carboxylic acids is 2. The molecule has 0 amide bonds. The average Bonchev–Trinajstić information content (AvgIpc) is 2.10. The van der Waals surface area contributed by atoms with Crippen LogP contribution in [0.4, 0.5) is 0 Å². The summed E-state index contributed by atoms with van der Waals surface area (Å²) in [6.45, 7) is 2.40. The summed E-state index contributed by atoms with van der Waals surface area (Å²) in [6.07, 6.45) is -0.309. The quantitative estimate of drug-likeness (QED) is 0.503. The van der Waals surface area contributed by atoms with Crippen LogP contribution in [-0.2, 0) is 14.2 Å². The predicted octanol–water partition coefficient (Wildman–Crippen LogP) is 0.364. The zero-order chi connectivity index (χ0) is 13.1. The summed E-state index contributed by atoms with van der Waals surface area (Å²) >= 11 is 0. The van der Waals surface area contributed by atoms with Crippen LogP contribution in [0.15, 0.2) is 0 Å². The Bertz CT molecular complexity index is 320. The van der Waals surface area contributed by atoms with Gasteiger partial charge >= 0.3 is 19.5 Å². The molecule has 94 valence electrons. The third-order valence-corrected chi connectivity index (χ3v) is 3.88. The fourth-order valence-corrected chi connectivity index (χ4v) is 1.94. The first-order chi connectivity index (χ1) is 7.07. The van der Waals surface area contributed by atoms with Crippen molar-refractivity contribution < 1.29 is 34.2 Å². The molecular formula is C8H15O7P. The van der Waals surface area contributed by atoms with Gasteiger partial charge in [0.1, 0.15) is 0 Å². The molecule has 4 N–H and O–H groups in total. The number of carbonyl (C=O) groups is 2. The van der Waals surface area contributed by atoms with Crippen LogP contribution in [0.5, 0.6) is 0 Å². The molecule has 3 unspecified atom stereocenters. The van der Waals surface area contributed by atoms with E-state index in [1.165, 1.54) is 6.92 Å². The molecule has 0 heterocycles. The second-order valence-electron chi connectivity index (χ2n) is 3.75. The van der Waals surface area contributed by atoms with Crippen molar-refractivity contribution in [1.29, 1.82) is 0 Å². The van der Waals surface area contributed by atoms with Crippen molar-refractivity contribution >= 4 is 19.5 Å². The van der Waals surface area contributed by atoms with E-state index >= 15 is 0 Å². The maximum Gasteiger partial charge on any atom is 0.329 e. The van der Waals surface area contributed by atoms with Crippen molar-refractivity contribution in [3.05, 3.63) is 0 Å². The first-order valence-corrected chi connectivity index (χ1v) is 6.26. The molecule has 8 heteroatoms. The molecular weight excluding hydrogens is 239 g/mol. The molecule has 7 nitrogen and oxygen atoms in total. The number of hydrogen-bond acceptors (Lipinski definition) is 3. The Labute approximate surface area is 92.3 Å². The Morgan fingerprint density at radius 3 is 1.81 bits per heavy atom. The van der Waals surface area contributed by atoms with Gasteiger partial charge in [-0.15, -0.1) is 0 Å². The van der Waals surface area contributed by atoms with Gasteiger partial charge in [-0.1, -0.05) is 13.8 Å². The van der Waals surface area contributed by atoms with Gasteiger partial charge in [-0.2, -0.15) is 0 Å². The molecule has 0 aliphatic carbocycles. The van der Waals surface area contributed by atoms with E-state index in [9.17, 15) is 14.2 Å². The van der Waals surface area contributed by atoms with Crippen molar-refractivity contribution in [2.24, 2.45) is 11.8 Å². The highest BCUT2D eigenvalue weighted by atomic mass is 31.2. The standard InChI is InChI=1S/C8H15O7P/c1-4(7(9)10)3-6(8(11)12)5(2)16(13,14)15/h4-6H,3H2,1-2H3,(H,9,10)(H,11,12)(H2,13,14,15). The van der Waals surface area contributed by atoms with Gasteiger partial charge in [0.25, 0.3) is 0 Å². The number of carboxylic acid groups (broad SMARTS) is 2. The molecule has 0 aromatic heterocycles. The zero-order valence-corrected chi connectivity index (χ0v) is 9.79. The van der Waals surface area contributed by atoms with Crippen molar-refractivity contribution in [3.8, 4) is 0 Å². The minimum Gasteiger partial charge on any atom is -0.481 e. The van der Waals surface area contributed by atoms with E-state index in [2.05, 4.69) is 0 Å². The van der Waals surface area contributed by atoms with Crippen LogP contribution in [0, 0.1) is 11.8 Å². The fourth-order valence-electron chi connectivity index (χ4n) is 1.22. The van der Waals surface area contributed by atoms with Crippen molar-refractivity contribution in [2.45, 2.75) is 25.9 Å². The Morgan fingerprint density at radius 2 is 1.56 bits per heavy atom. The Balaban J connectivity index is 4.83. The van der Waals surface area contributed by atoms with Crippen LogP contribution in [-0.4, -0.2) is 37.6 Å². The van der Waals surface area contributed by atoms with Crippen LogP contribution in [0.1, 0.15) is 20.3 Å². The lowest BCUT2D eigenvalue weighted by Gasteiger charge is -2.22. The number of hydrogen-bond donors (Lipinski definition) is 4. The Hall–Kier alpha value is -0.910. The molecule has 0 radical (unpaired) electrons. The molecule has 0 spiro atoms. The van der Waals surface area contributed by atoms with E-state index in [1.54, 1.807) is 0 Å². The van der Waals surface area contributed by atoms with Crippen molar-refractivity contribution in [2.75, 3.05) is 0 Å². The van der Waals surface area contributed by atoms with E-state index in [1.807, 2.05) is 0 Å². The van der Waals surface area contributed by atoms with Crippen LogP contribution < -0.4 is 0 Å². The van der Waals surface area contributed by atoms with Gasteiger partial charge in [0, 0.05) is 0 Å². The summed E-state index contributed by atoms with van der Waals surface area (Å²) in [5, 5.41) is 17.4. The van der Waals surface area contributed by atoms with E-state index in [-0.39, 0.29) is 6.42 Å². The highest BCUT2D eigenvalue weighted by Gasteiger charge is 2.38. The molecule has 0 saturated heterocycles. The van der Waals surface area contributed by atoms with Crippen LogP contribution >= 0.6 is 7.60 Å². The molecule has 0 rings (SSSR count). The van der Waals surface area contributed by atoms with E-state index < -0.39 is 37.0 Å². The average molecular weight is 254 g/mol. The monoisotopic (exact) mass is 254 g/mol. The van der Waals surface area contributed by atoms with Gasteiger partial charge < -0.3 is 20.0 Å². The third kappa shape index (κ3) is 4.30. The van der Waals surface area contributed by atoms with Gasteiger partial charge in [-0.05, 0) is 6.42 Å². The van der Waals surface area contributed by atoms with Gasteiger partial charge in [0.2, 0.25) is 0 Å². The molecule has 0 saturated carbocycles. The molecule has 3 atom stereocenters. The summed E-state index contributed by atoms with van der Waals surface area (Å²) < 4.78 is 10.9. The van der Waals surface area contributed by atoms with Gasteiger partial charge in [0.15, 0.2) is 0 Å². The summed E-state index contributed by atoms with van der Waals surface area (Å²) in [6, 6.07) is 0. The van der Waals surface area contributed by atoms with E-state index in [0.717, 1.165) is 6.92 Å². The van der Waals surface area contributed by atoms with Crippen LogP contribution in [0.25, 0.3) is 0 Å². The zero-order valence-electron chi connectivity index (χ0n) is 8.90. The smallest absolute Gasteiger partial charge is 0.329 e. The summed E-state index contributed by atoms with van der Waals surface area (Å²) in [5.41, 5.74) is -1.40. The fraction of sp³-hybridized carbons (Fsp3) is 0.750. The van der Waals surface area contributed by atoms with Crippen LogP contribution in [0.3, 0.4) is 0 Å². The normalized spacial score (nSPS) is 17.5. The topological polar surface area (TPSA) is 132 Å². The van der Waals surface area contributed by atoms with Gasteiger partial charge in [-0.3, -0.25) is 14.2 Å². The highest BCUT2D eigenvalue weighted by molar-refractivity contribution is 7.52. The SMILES string of the molecule is CC(CC(C(=O)O)C(C)P(=O)(O)O)C(=O)O. The summed E-state index contributed by atoms with van der Waals surface area (Å²) in [7, 11) is -4.53. The number of aliphatic carboxylic acids is 2. The largest absolute Gasteiger partial charge is 0.481 e. The second kappa shape index (κ2) is 5.43. The number of rotatable bonds is 6.